The van der Waals surface area contributed by atoms with Gasteiger partial charge in [0.15, 0.2) is 11.5 Å². The van der Waals surface area contributed by atoms with Crippen LogP contribution in [0.15, 0.2) is 17.0 Å². The number of thiocarbonyl (C=S) groups is 1. The van der Waals surface area contributed by atoms with E-state index in [2.05, 4.69) is 0 Å². The Morgan fingerprint density at radius 2 is 2.17 bits per heavy atom. The number of carbonyl (C=O) groups is 1. The molecule has 1 aromatic carbocycles. The van der Waals surface area contributed by atoms with Gasteiger partial charge in [-0.25, -0.2) is 0 Å². The molecule has 7 heteroatoms. The minimum Gasteiger partial charge on any atom is -0.504 e. The second kappa shape index (κ2) is 7.55. The van der Waals surface area contributed by atoms with Crippen LogP contribution in [0, 0.1) is 5.92 Å². The number of phenolic OH excluding ortho intramolecular Hbond substituents is 1. The Labute approximate surface area is 150 Å². The lowest BCUT2D eigenvalue weighted by molar-refractivity contribution is -0.122. The van der Waals surface area contributed by atoms with Crippen LogP contribution in [0.4, 0.5) is 0 Å². The first-order chi connectivity index (χ1) is 10.8. The molecule has 0 radical (unpaired) electrons. The number of amides is 1. The largest absolute Gasteiger partial charge is 0.504 e. The molecule has 124 valence electrons. The van der Waals surface area contributed by atoms with Crippen molar-refractivity contribution in [1.82, 2.24) is 4.90 Å². The predicted molar refractivity (Wildman–Crippen MR) is 99.0 cm³/mol. The molecule has 1 saturated heterocycles. The van der Waals surface area contributed by atoms with E-state index in [1.807, 2.05) is 20.8 Å². The third-order valence-corrected chi connectivity index (χ3v) is 4.79. The molecule has 0 saturated carbocycles. The SMILES string of the molecule is CCOc1cc(/C=C2\SC(=S)N(CC(C)C)C2=O)c(Cl)cc1O. The highest BCUT2D eigenvalue weighted by atomic mass is 35.5. The number of halogens is 1. The summed E-state index contributed by atoms with van der Waals surface area (Å²) < 4.78 is 5.90. The number of phenols is 1. The summed E-state index contributed by atoms with van der Waals surface area (Å²) in [5, 5.41) is 10.2. The van der Waals surface area contributed by atoms with Crippen LogP contribution >= 0.6 is 35.6 Å². The Hall–Kier alpha value is -1.24. The molecule has 0 aromatic heterocycles. The first-order valence-corrected chi connectivity index (χ1v) is 8.84. The molecular formula is C16H18ClNO3S2. The van der Waals surface area contributed by atoms with Crippen molar-refractivity contribution in [3.05, 3.63) is 27.6 Å². The second-order valence-corrected chi connectivity index (χ2v) is 7.54. The van der Waals surface area contributed by atoms with Gasteiger partial charge in [0.1, 0.15) is 4.32 Å². The molecule has 2 rings (SSSR count). The first kappa shape index (κ1) is 18.1. The number of aromatic hydroxyl groups is 1. The maximum absolute atomic E-state index is 12.5. The van der Waals surface area contributed by atoms with Gasteiger partial charge in [-0.3, -0.25) is 9.69 Å². The van der Waals surface area contributed by atoms with Crippen molar-refractivity contribution in [3.8, 4) is 11.5 Å². The standard InChI is InChI=1S/C16H18ClNO3S2/c1-4-21-13-5-10(11(17)7-12(13)19)6-14-15(20)18(8-9(2)3)16(22)23-14/h5-7,9,19H,4,8H2,1-3H3/b14-6-. The Kier molecular flexibility index (Phi) is 5.95. The number of ether oxygens (including phenoxy) is 1. The van der Waals surface area contributed by atoms with Crippen LogP contribution in [0.5, 0.6) is 11.5 Å². The van der Waals surface area contributed by atoms with E-state index in [-0.39, 0.29) is 11.7 Å². The Morgan fingerprint density at radius 1 is 1.48 bits per heavy atom. The molecule has 0 unspecified atom stereocenters. The first-order valence-electron chi connectivity index (χ1n) is 7.24. The van der Waals surface area contributed by atoms with Crippen molar-refractivity contribution in [2.75, 3.05) is 13.2 Å². The van der Waals surface area contributed by atoms with Crippen LogP contribution in [-0.2, 0) is 4.79 Å². The van der Waals surface area contributed by atoms with Gasteiger partial charge >= 0.3 is 0 Å². The summed E-state index contributed by atoms with van der Waals surface area (Å²) in [7, 11) is 0. The molecule has 1 fully saturated rings. The van der Waals surface area contributed by atoms with Crippen LogP contribution in [0.2, 0.25) is 5.02 Å². The molecule has 4 nitrogen and oxygen atoms in total. The summed E-state index contributed by atoms with van der Waals surface area (Å²) in [6, 6.07) is 3.03. The fourth-order valence-corrected chi connectivity index (χ4v) is 3.58. The van der Waals surface area contributed by atoms with Gasteiger partial charge in [-0.1, -0.05) is 49.4 Å². The monoisotopic (exact) mass is 371 g/mol. The summed E-state index contributed by atoms with van der Waals surface area (Å²) in [6.07, 6.45) is 1.68. The highest BCUT2D eigenvalue weighted by Gasteiger charge is 2.32. The molecule has 1 heterocycles. The Balaban J connectivity index is 2.33. The zero-order valence-corrected chi connectivity index (χ0v) is 15.5. The van der Waals surface area contributed by atoms with Gasteiger partial charge in [0.05, 0.1) is 16.5 Å². The van der Waals surface area contributed by atoms with Gasteiger partial charge in [-0.2, -0.15) is 0 Å². The van der Waals surface area contributed by atoms with Gasteiger partial charge < -0.3 is 9.84 Å². The fraction of sp³-hybridized carbons (Fsp3) is 0.375. The third-order valence-electron chi connectivity index (χ3n) is 3.09. The number of carbonyl (C=O) groups excluding carboxylic acids is 1. The normalized spacial score (nSPS) is 16.7. The lowest BCUT2D eigenvalue weighted by atomic mass is 10.1. The molecule has 23 heavy (non-hydrogen) atoms. The van der Waals surface area contributed by atoms with Gasteiger partial charge in [-0.15, -0.1) is 0 Å². The summed E-state index contributed by atoms with van der Waals surface area (Å²) in [4.78, 5) is 14.6. The van der Waals surface area contributed by atoms with E-state index in [1.54, 1.807) is 17.0 Å². The summed E-state index contributed by atoms with van der Waals surface area (Å²) in [6.45, 7) is 6.91. The van der Waals surface area contributed by atoms with E-state index in [0.717, 1.165) is 0 Å². The van der Waals surface area contributed by atoms with Crippen molar-refractivity contribution in [2.45, 2.75) is 20.8 Å². The van der Waals surface area contributed by atoms with Crippen LogP contribution in [0.1, 0.15) is 26.3 Å². The number of hydrogen-bond acceptors (Lipinski definition) is 5. The molecule has 1 aliphatic heterocycles. The number of hydrogen-bond donors (Lipinski definition) is 1. The van der Waals surface area contributed by atoms with E-state index in [1.165, 1.54) is 17.8 Å². The Morgan fingerprint density at radius 3 is 2.78 bits per heavy atom. The average Bonchev–Trinajstić information content (AvgIpc) is 2.71. The molecule has 0 aliphatic carbocycles. The molecule has 1 aromatic rings. The quantitative estimate of drug-likeness (QED) is 0.617. The highest BCUT2D eigenvalue weighted by molar-refractivity contribution is 8.26. The van der Waals surface area contributed by atoms with Crippen LogP contribution in [0.3, 0.4) is 0 Å². The zero-order valence-electron chi connectivity index (χ0n) is 13.1. The minimum absolute atomic E-state index is 0.0265. The lowest BCUT2D eigenvalue weighted by Gasteiger charge is -2.16. The maximum Gasteiger partial charge on any atom is 0.266 e. The zero-order chi connectivity index (χ0) is 17.1. The topological polar surface area (TPSA) is 49.8 Å². The second-order valence-electron chi connectivity index (χ2n) is 5.46. The molecule has 0 bridgehead atoms. The maximum atomic E-state index is 12.5. The van der Waals surface area contributed by atoms with E-state index < -0.39 is 0 Å². The fourth-order valence-electron chi connectivity index (χ4n) is 2.10. The van der Waals surface area contributed by atoms with Crippen LogP contribution in [0.25, 0.3) is 6.08 Å². The molecule has 0 atom stereocenters. The van der Waals surface area contributed by atoms with Crippen LogP contribution in [-0.4, -0.2) is 33.4 Å². The molecule has 1 aliphatic rings. The van der Waals surface area contributed by atoms with Crippen molar-refractivity contribution in [2.24, 2.45) is 5.92 Å². The lowest BCUT2D eigenvalue weighted by Crippen LogP contribution is -2.31. The van der Waals surface area contributed by atoms with Crippen molar-refractivity contribution in [1.29, 1.82) is 0 Å². The molecule has 0 spiro atoms. The molecule has 1 N–H and O–H groups in total. The van der Waals surface area contributed by atoms with E-state index in [0.29, 0.717) is 44.6 Å². The highest BCUT2D eigenvalue weighted by Crippen LogP contribution is 2.37. The van der Waals surface area contributed by atoms with Gasteiger partial charge in [0.2, 0.25) is 0 Å². The van der Waals surface area contributed by atoms with Crippen molar-refractivity contribution in [3.63, 3.8) is 0 Å². The number of nitrogens with zero attached hydrogens (tertiary/aromatic N) is 1. The van der Waals surface area contributed by atoms with Gasteiger partial charge in [-0.05, 0) is 30.5 Å². The molecular weight excluding hydrogens is 354 g/mol. The van der Waals surface area contributed by atoms with Gasteiger partial charge in [0, 0.05) is 12.6 Å². The smallest absolute Gasteiger partial charge is 0.266 e. The number of benzene rings is 1. The number of rotatable bonds is 5. The summed E-state index contributed by atoms with van der Waals surface area (Å²) >= 11 is 12.7. The van der Waals surface area contributed by atoms with Crippen molar-refractivity contribution >= 4 is 51.9 Å². The molecule has 1 amide bonds. The van der Waals surface area contributed by atoms with E-state index in [4.69, 9.17) is 28.6 Å². The predicted octanol–water partition coefficient (Wildman–Crippen LogP) is 4.30. The van der Waals surface area contributed by atoms with Gasteiger partial charge in [0.25, 0.3) is 5.91 Å². The minimum atomic E-state index is -0.115. The third kappa shape index (κ3) is 4.19. The summed E-state index contributed by atoms with van der Waals surface area (Å²) in [5.41, 5.74) is 0.609. The van der Waals surface area contributed by atoms with E-state index in [9.17, 15) is 9.90 Å². The van der Waals surface area contributed by atoms with Crippen LogP contribution < -0.4 is 4.74 Å². The number of thioether (sulfide) groups is 1. The Bertz CT molecular complexity index is 674. The van der Waals surface area contributed by atoms with E-state index >= 15 is 0 Å². The average molecular weight is 372 g/mol. The van der Waals surface area contributed by atoms with Crippen molar-refractivity contribution < 1.29 is 14.6 Å². The summed E-state index contributed by atoms with van der Waals surface area (Å²) in [5.74, 6) is 0.525.